The fourth-order valence-electron chi connectivity index (χ4n) is 1.64. The Labute approximate surface area is 120 Å². The molecule has 0 aliphatic carbocycles. The average Bonchev–Trinajstić information content (AvgIpc) is 2.40. The summed E-state index contributed by atoms with van der Waals surface area (Å²) in [7, 11) is -2.12. The highest BCUT2D eigenvalue weighted by Crippen LogP contribution is 2.21. The standard InChI is InChI=1S/C13H22FN3O2S/c1-11(2)16(3)20(18,19)17(10-4-9-15)13-7-5-12(14)6-8-13/h5-8,11H,4,9-10,15H2,1-3H3. The van der Waals surface area contributed by atoms with Crippen molar-refractivity contribution in [3.05, 3.63) is 30.1 Å². The molecular formula is C13H22FN3O2S. The smallest absolute Gasteiger partial charge is 0.304 e. The van der Waals surface area contributed by atoms with E-state index in [-0.39, 0.29) is 12.6 Å². The Hall–Kier alpha value is -1.18. The molecule has 1 rings (SSSR count). The minimum Gasteiger partial charge on any atom is -0.330 e. The number of hydrogen-bond donors (Lipinski definition) is 1. The minimum atomic E-state index is -3.65. The molecule has 7 heteroatoms. The van der Waals surface area contributed by atoms with Gasteiger partial charge in [-0.15, -0.1) is 0 Å². The van der Waals surface area contributed by atoms with Crippen LogP contribution >= 0.6 is 0 Å². The van der Waals surface area contributed by atoms with Gasteiger partial charge in [0.2, 0.25) is 0 Å². The first-order valence-electron chi connectivity index (χ1n) is 6.52. The SMILES string of the molecule is CC(C)N(C)S(=O)(=O)N(CCCN)c1ccc(F)cc1. The van der Waals surface area contributed by atoms with Crippen molar-refractivity contribution in [1.82, 2.24) is 4.31 Å². The summed E-state index contributed by atoms with van der Waals surface area (Å²) >= 11 is 0. The number of halogens is 1. The van der Waals surface area contributed by atoms with E-state index in [9.17, 15) is 12.8 Å². The maximum absolute atomic E-state index is 13.0. The largest absolute Gasteiger partial charge is 0.330 e. The van der Waals surface area contributed by atoms with Gasteiger partial charge in [0.1, 0.15) is 5.82 Å². The lowest BCUT2D eigenvalue weighted by molar-refractivity contribution is 0.408. The van der Waals surface area contributed by atoms with Gasteiger partial charge in [-0.05, 0) is 51.1 Å². The number of benzene rings is 1. The van der Waals surface area contributed by atoms with Crippen LogP contribution in [-0.4, -0.2) is 38.9 Å². The Morgan fingerprint density at radius 2 is 1.80 bits per heavy atom. The Bertz CT molecular complexity index is 517. The predicted octanol–water partition coefficient (Wildman–Crippen LogP) is 1.57. The second-order valence-electron chi connectivity index (χ2n) is 4.81. The Morgan fingerprint density at radius 1 is 1.25 bits per heavy atom. The summed E-state index contributed by atoms with van der Waals surface area (Å²) in [5, 5.41) is 0. The van der Waals surface area contributed by atoms with Crippen molar-refractivity contribution in [2.75, 3.05) is 24.4 Å². The molecule has 0 bridgehead atoms. The van der Waals surface area contributed by atoms with E-state index in [0.29, 0.717) is 18.7 Å². The van der Waals surface area contributed by atoms with E-state index >= 15 is 0 Å². The van der Waals surface area contributed by atoms with Crippen LogP contribution in [0.1, 0.15) is 20.3 Å². The Morgan fingerprint density at radius 3 is 2.25 bits per heavy atom. The van der Waals surface area contributed by atoms with Crippen LogP contribution in [0.2, 0.25) is 0 Å². The van der Waals surface area contributed by atoms with E-state index in [0.717, 1.165) is 0 Å². The molecule has 0 aliphatic heterocycles. The number of nitrogens with two attached hydrogens (primary N) is 1. The number of anilines is 1. The van der Waals surface area contributed by atoms with Crippen molar-refractivity contribution in [2.45, 2.75) is 26.3 Å². The fourth-order valence-corrected chi connectivity index (χ4v) is 3.23. The lowest BCUT2D eigenvalue weighted by Gasteiger charge is -2.31. The molecular weight excluding hydrogens is 281 g/mol. The first-order chi connectivity index (χ1) is 9.30. The van der Waals surface area contributed by atoms with Crippen LogP contribution in [0.3, 0.4) is 0 Å². The molecule has 0 unspecified atom stereocenters. The van der Waals surface area contributed by atoms with Gasteiger partial charge in [0.15, 0.2) is 0 Å². The van der Waals surface area contributed by atoms with Gasteiger partial charge in [-0.25, -0.2) is 4.39 Å². The van der Waals surface area contributed by atoms with Crippen molar-refractivity contribution in [2.24, 2.45) is 5.73 Å². The molecule has 0 heterocycles. The van der Waals surface area contributed by atoms with Gasteiger partial charge in [0.25, 0.3) is 0 Å². The summed E-state index contributed by atoms with van der Waals surface area (Å²) in [6.07, 6.45) is 0.530. The van der Waals surface area contributed by atoms with Crippen LogP contribution in [0, 0.1) is 5.82 Å². The quantitative estimate of drug-likeness (QED) is 0.831. The van der Waals surface area contributed by atoms with Crippen LogP contribution in [0.25, 0.3) is 0 Å². The zero-order valence-electron chi connectivity index (χ0n) is 12.1. The summed E-state index contributed by atoms with van der Waals surface area (Å²) in [6.45, 7) is 4.24. The molecule has 5 nitrogen and oxygen atoms in total. The molecule has 0 spiro atoms. The lowest BCUT2D eigenvalue weighted by atomic mass is 10.3. The van der Waals surface area contributed by atoms with E-state index in [4.69, 9.17) is 5.73 Å². The van der Waals surface area contributed by atoms with Crippen molar-refractivity contribution in [3.63, 3.8) is 0 Å². The van der Waals surface area contributed by atoms with Crippen molar-refractivity contribution in [1.29, 1.82) is 0 Å². The van der Waals surface area contributed by atoms with Crippen LogP contribution < -0.4 is 10.0 Å². The molecule has 20 heavy (non-hydrogen) atoms. The summed E-state index contributed by atoms with van der Waals surface area (Å²) in [6, 6.07) is 5.24. The molecule has 1 aromatic rings. The van der Waals surface area contributed by atoms with E-state index in [2.05, 4.69) is 0 Å². The van der Waals surface area contributed by atoms with Crippen LogP contribution in [0.15, 0.2) is 24.3 Å². The highest BCUT2D eigenvalue weighted by Gasteiger charge is 2.28. The van der Waals surface area contributed by atoms with Gasteiger partial charge in [0.05, 0.1) is 5.69 Å². The molecule has 2 N–H and O–H groups in total. The lowest BCUT2D eigenvalue weighted by Crippen LogP contribution is -2.45. The molecule has 114 valence electrons. The third kappa shape index (κ3) is 3.91. The van der Waals surface area contributed by atoms with Crippen molar-refractivity contribution < 1.29 is 12.8 Å². The summed E-state index contributed by atoms with van der Waals surface area (Å²) in [4.78, 5) is 0. The molecule has 0 aliphatic rings. The van der Waals surface area contributed by atoms with Crippen molar-refractivity contribution >= 4 is 15.9 Å². The van der Waals surface area contributed by atoms with E-state index in [1.54, 1.807) is 13.8 Å². The molecule has 0 atom stereocenters. The maximum Gasteiger partial charge on any atom is 0.304 e. The minimum absolute atomic E-state index is 0.166. The zero-order valence-corrected chi connectivity index (χ0v) is 12.9. The predicted molar refractivity (Wildman–Crippen MR) is 79.2 cm³/mol. The molecule has 0 amide bonds. The van der Waals surface area contributed by atoms with Gasteiger partial charge in [-0.1, -0.05) is 0 Å². The monoisotopic (exact) mass is 303 g/mol. The average molecular weight is 303 g/mol. The summed E-state index contributed by atoms with van der Waals surface area (Å²) in [5.74, 6) is -0.401. The topological polar surface area (TPSA) is 66.6 Å². The normalized spacial score (nSPS) is 12.2. The second kappa shape index (κ2) is 7.01. The maximum atomic E-state index is 13.0. The Kier molecular flexibility index (Phi) is 5.91. The first-order valence-corrected chi connectivity index (χ1v) is 7.91. The molecule has 1 aromatic carbocycles. The van der Waals surface area contributed by atoms with Gasteiger partial charge in [-0.2, -0.15) is 12.7 Å². The van der Waals surface area contributed by atoms with Gasteiger partial charge in [-0.3, -0.25) is 4.31 Å². The highest BCUT2D eigenvalue weighted by atomic mass is 32.2. The number of rotatable bonds is 7. The fraction of sp³-hybridized carbons (Fsp3) is 0.538. The van der Waals surface area contributed by atoms with Crippen LogP contribution in [-0.2, 0) is 10.2 Å². The summed E-state index contributed by atoms with van der Waals surface area (Å²) < 4.78 is 40.7. The van der Waals surface area contributed by atoms with E-state index < -0.39 is 16.0 Å². The van der Waals surface area contributed by atoms with E-state index in [1.807, 2.05) is 0 Å². The number of hydrogen-bond acceptors (Lipinski definition) is 3. The van der Waals surface area contributed by atoms with Gasteiger partial charge < -0.3 is 5.73 Å². The van der Waals surface area contributed by atoms with Crippen LogP contribution in [0.5, 0.6) is 0 Å². The first kappa shape index (κ1) is 16.9. The Balaban J connectivity index is 3.15. The zero-order chi connectivity index (χ0) is 15.3. The third-order valence-electron chi connectivity index (χ3n) is 3.05. The van der Waals surface area contributed by atoms with Crippen molar-refractivity contribution in [3.8, 4) is 0 Å². The number of nitrogens with zero attached hydrogens (tertiary/aromatic N) is 2. The second-order valence-corrected chi connectivity index (χ2v) is 6.72. The molecule has 0 saturated heterocycles. The summed E-state index contributed by atoms with van der Waals surface area (Å²) in [5.41, 5.74) is 5.90. The molecule has 0 saturated carbocycles. The molecule has 0 aromatic heterocycles. The highest BCUT2D eigenvalue weighted by molar-refractivity contribution is 7.90. The van der Waals surface area contributed by atoms with E-state index in [1.165, 1.54) is 39.9 Å². The molecule has 0 fully saturated rings. The van der Waals surface area contributed by atoms with Gasteiger partial charge >= 0.3 is 10.2 Å². The van der Waals surface area contributed by atoms with Gasteiger partial charge in [0, 0.05) is 19.6 Å². The third-order valence-corrected chi connectivity index (χ3v) is 5.15. The molecule has 0 radical (unpaired) electrons. The van der Waals surface area contributed by atoms with Crippen LogP contribution in [0.4, 0.5) is 10.1 Å².